The van der Waals surface area contributed by atoms with E-state index >= 15 is 0 Å². The van der Waals surface area contributed by atoms with Crippen LogP contribution in [0.25, 0.3) is 5.57 Å². The van der Waals surface area contributed by atoms with Gasteiger partial charge in [-0.05, 0) is 54.3 Å². The number of benzene rings is 1. The van der Waals surface area contributed by atoms with Crippen molar-refractivity contribution in [2.45, 2.75) is 39.2 Å². The number of hydrogen-bond donors (Lipinski definition) is 1. The Labute approximate surface area is 187 Å². The lowest BCUT2D eigenvalue weighted by Gasteiger charge is -2.27. The second kappa shape index (κ2) is 11.7. The number of pyridine rings is 1. The molecule has 1 aromatic heterocycles. The average Bonchev–Trinajstić information content (AvgIpc) is 2.80. The molecular formula is C24H29F2N5O. The Morgan fingerprint density at radius 1 is 1.22 bits per heavy atom. The van der Waals surface area contributed by atoms with Gasteiger partial charge in [-0.1, -0.05) is 32.1 Å². The Morgan fingerprint density at radius 3 is 2.38 bits per heavy atom. The zero-order valence-electron chi connectivity index (χ0n) is 18.6. The molecule has 2 aromatic rings. The maximum atomic E-state index is 12.8. The molecule has 0 bridgehead atoms. The van der Waals surface area contributed by atoms with Gasteiger partial charge in [-0.2, -0.15) is 5.10 Å². The van der Waals surface area contributed by atoms with Crippen molar-refractivity contribution in [3.8, 4) is 0 Å². The van der Waals surface area contributed by atoms with Gasteiger partial charge in [-0.3, -0.25) is 10.0 Å². The lowest BCUT2D eigenvalue weighted by molar-refractivity contribution is 0.135. The normalized spacial score (nSPS) is 13.1. The van der Waals surface area contributed by atoms with Crippen molar-refractivity contribution in [1.29, 1.82) is 0 Å². The van der Waals surface area contributed by atoms with Crippen molar-refractivity contribution < 1.29 is 13.5 Å². The Hall–Kier alpha value is -3.55. The average molecular weight is 442 g/mol. The van der Waals surface area contributed by atoms with E-state index in [9.17, 15) is 8.78 Å². The summed E-state index contributed by atoms with van der Waals surface area (Å²) in [7, 11) is 1.48. The minimum Gasteiger partial charge on any atom is -0.438 e. The molecule has 0 spiro atoms. The number of aliphatic imine (C=N–C) groups is 1. The molecule has 1 aromatic carbocycles. The summed E-state index contributed by atoms with van der Waals surface area (Å²) >= 11 is 0. The van der Waals surface area contributed by atoms with Gasteiger partial charge in [0.15, 0.2) is 5.76 Å². The standard InChI is InChI=1S/C24H29F2N5O/c1-6-7-21(31(29-5)15-16(2)20-12-13-22(27)30-14-20)18-8-10-19(11-9-18)24(28-4)32-17(3)23(25)26/h8-15,21,23H,3,5-7H2,1-2,4H3,(H2,27,30)/b16-15+,28-24?/t21-/m1/s1. The maximum absolute atomic E-state index is 12.8. The van der Waals surface area contributed by atoms with E-state index in [0.717, 1.165) is 29.5 Å². The van der Waals surface area contributed by atoms with Gasteiger partial charge in [0.25, 0.3) is 6.43 Å². The smallest absolute Gasteiger partial charge is 0.294 e. The van der Waals surface area contributed by atoms with E-state index in [-0.39, 0.29) is 11.9 Å². The van der Waals surface area contributed by atoms with Gasteiger partial charge in [0.1, 0.15) is 5.82 Å². The SMILES string of the molecule is C=NN(/C=C(\C)c1ccc(N)nc1)[C@H](CCC)c1ccc(C(=NC)OC(=C)C(F)F)cc1. The number of ether oxygens (including phenoxy) is 1. The summed E-state index contributed by atoms with van der Waals surface area (Å²) in [6.07, 6.45) is 2.61. The highest BCUT2D eigenvalue weighted by molar-refractivity contribution is 5.94. The van der Waals surface area contributed by atoms with Gasteiger partial charge < -0.3 is 10.5 Å². The fourth-order valence-corrected chi connectivity index (χ4v) is 3.12. The molecule has 0 amide bonds. The first-order valence-electron chi connectivity index (χ1n) is 10.2. The largest absolute Gasteiger partial charge is 0.438 e. The number of nitrogens with zero attached hydrogens (tertiary/aromatic N) is 4. The molecule has 0 saturated carbocycles. The molecular weight excluding hydrogens is 412 g/mol. The van der Waals surface area contributed by atoms with E-state index in [2.05, 4.69) is 35.3 Å². The van der Waals surface area contributed by atoms with Crippen LogP contribution in [-0.4, -0.2) is 36.1 Å². The number of hydrogen-bond acceptors (Lipinski definition) is 6. The molecule has 0 fully saturated rings. The van der Waals surface area contributed by atoms with Crippen LogP contribution in [-0.2, 0) is 4.74 Å². The number of halogens is 2. The van der Waals surface area contributed by atoms with E-state index in [1.807, 2.05) is 36.3 Å². The minimum absolute atomic E-state index is 0.0674. The summed E-state index contributed by atoms with van der Waals surface area (Å²) in [4.78, 5) is 8.09. The number of hydrazone groups is 1. The molecule has 0 saturated heterocycles. The summed E-state index contributed by atoms with van der Waals surface area (Å²) in [5.41, 5.74) is 9.13. The van der Waals surface area contributed by atoms with Crippen molar-refractivity contribution in [2.24, 2.45) is 10.1 Å². The van der Waals surface area contributed by atoms with E-state index < -0.39 is 12.2 Å². The van der Waals surface area contributed by atoms with Crippen LogP contribution >= 0.6 is 0 Å². The van der Waals surface area contributed by atoms with Crippen molar-refractivity contribution in [3.63, 3.8) is 0 Å². The molecule has 2 rings (SSSR count). The third-order valence-corrected chi connectivity index (χ3v) is 4.83. The van der Waals surface area contributed by atoms with Crippen LogP contribution in [0.15, 0.2) is 71.2 Å². The lowest BCUT2D eigenvalue weighted by Crippen LogP contribution is -2.19. The van der Waals surface area contributed by atoms with Crippen molar-refractivity contribution >= 4 is 24.0 Å². The number of rotatable bonds is 10. The fourth-order valence-electron chi connectivity index (χ4n) is 3.12. The Morgan fingerprint density at radius 2 is 1.88 bits per heavy atom. The Balaban J connectivity index is 2.30. The van der Waals surface area contributed by atoms with Gasteiger partial charge >= 0.3 is 0 Å². The maximum Gasteiger partial charge on any atom is 0.294 e. The number of anilines is 1. The topological polar surface area (TPSA) is 76.1 Å². The summed E-state index contributed by atoms with van der Waals surface area (Å²) in [6, 6.07) is 10.9. The third kappa shape index (κ3) is 6.47. The van der Waals surface area contributed by atoms with Gasteiger partial charge in [0, 0.05) is 31.7 Å². The summed E-state index contributed by atoms with van der Waals surface area (Å²) < 4.78 is 30.6. The van der Waals surface area contributed by atoms with Crippen LogP contribution in [0.1, 0.15) is 49.4 Å². The second-order valence-electron chi connectivity index (χ2n) is 7.13. The Kier molecular flexibility index (Phi) is 9.07. The predicted molar refractivity (Wildman–Crippen MR) is 126 cm³/mol. The number of nitrogen functional groups attached to an aromatic ring is 1. The minimum atomic E-state index is -2.78. The number of aromatic nitrogens is 1. The van der Waals surface area contributed by atoms with E-state index in [4.69, 9.17) is 10.5 Å². The number of nitrogens with two attached hydrogens (primary N) is 1. The van der Waals surface area contributed by atoms with E-state index in [1.54, 1.807) is 24.4 Å². The van der Waals surface area contributed by atoms with Gasteiger partial charge in [-0.15, -0.1) is 0 Å². The molecule has 2 N–H and O–H groups in total. The van der Waals surface area contributed by atoms with Gasteiger partial charge in [-0.25, -0.2) is 13.8 Å². The third-order valence-electron chi connectivity index (χ3n) is 4.83. The van der Waals surface area contributed by atoms with Crippen LogP contribution in [0.5, 0.6) is 0 Å². The molecule has 6 nitrogen and oxygen atoms in total. The highest BCUT2D eigenvalue weighted by atomic mass is 19.3. The molecule has 8 heteroatoms. The predicted octanol–water partition coefficient (Wildman–Crippen LogP) is 5.66. The van der Waals surface area contributed by atoms with E-state index in [1.165, 1.54) is 7.05 Å². The zero-order valence-corrected chi connectivity index (χ0v) is 18.6. The lowest BCUT2D eigenvalue weighted by atomic mass is 10.00. The van der Waals surface area contributed by atoms with Crippen LogP contribution in [0, 0.1) is 0 Å². The van der Waals surface area contributed by atoms with E-state index in [0.29, 0.717) is 11.4 Å². The highest BCUT2D eigenvalue weighted by Crippen LogP contribution is 2.29. The fraction of sp³-hybridized carbons (Fsp3) is 0.292. The summed E-state index contributed by atoms with van der Waals surface area (Å²) in [5, 5.41) is 6.03. The second-order valence-corrected chi connectivity index (χ2v) is 7.13. The van der Waals surface area contributed by atoms with Crippen LogP contribution in [0.2, 0.25) is 0 Å². The molecule has 1 heterocycles. The van der Waals surface area contributed by atoms with Crippen molar-refractivity contribution in [3.05, 3.63) is 77.8 Å². The zero-order chi connectivity index (χ0) is 23.7. The monoisotopic (exact) mass is 441 g/mol. The van der Waals surface area contributed by atoms with Crippen LogP contribution in [0.4, 0.5) is 14.6 Å². The molecule has 0 aliphatic rings. The van der Waals surface area contributed by atoms with Crippen LogP contribution in [0.3, 0.4) is 0 Å². The number of alkyl halides is 2. The molecule has 0 aliphatic carbocycles. The Bertz CT molecular complexity index is 969. The molecule has 0 aliphatic heterocycles. The summed E-state index contributed by atoms with van der Waals surface area (Å²) in [6.45, 7) is 11.0. The first-order chi connectivity index (χ1) is 15.3. The van der Waals surface area contributed by atoms with Crippen molar-refractivity contribution in [2.75, 3.05) is 12.8 Å². The molecule has 1 atom stereocenters. The molecule has 32 heavy (non-hydrogen) atoms. The van der Waals surface area contributed by atoms with Gasteiger partial charge in [0.05, 0.1) is 6.04 Å². The quantitative estimate of drug-likeness (QED) is 0.224. The molecule has 0 radical (unpaired) electrons. The first-order valence-corrected chi connectivity index (χ1v) is 10.2. The van der Waals surface area contributed by atoms with Crippen molar-refractivity contribution in [1.82, 2.24) is 9.99 Å². The van der Waals surface area contributed by atoms with Gasteiger partial charge in [0.2, 0.25) is 5.90 Å². The summed E-state index contributed by atoms with van der Waals surface area (Å²) in [5.74, 6) is -0.0992. The molecule has 0 unspecified atom stereocenters. The molecule has 170 valence electrons. The highest BCUT2D eigenvalue weighted by Gasteiger charge is 2.19. The van der Waals surface area contributed by atoms with Crippen LogP contribution < -0.4 is 5.73 Å². The number of allylic oxidation sites excluding steroid dienone is 2. The first kappa shape index (κ1) is 24.7.